The number of aromatic nitrogens is 1. The first kappa shape index (κ1) is 18.7. The summed E-state index contributed by atoms with van der Waals surface area (Å²) in [5.41, 5.74) is -2.64. The average molecular weight is 353 g/mol. The number of esters is 1. The van der Waals surface area contributed by atoms with E-state index in [0.29, 0.717) is 0 Å². The van der Waals surface area contributed by atoms with E-state index in [9.17, 15) is 28.3 Å². The lowest BCUT2D eigenvalue weighted by Crippen LogP contribution is -2.38. The molecule has 0 aromatic carbocycles. The first-order valence-electron chi connectivity index (χ1n) is 7.49. The Morgan fingerprint density at radius 2 is 2.00 bits per heavy atom. The second kappa shape index (κ2) is 6.70. The predicted molar refractivity (Wildman–Crippen MR) is 82.3 cm³/mol. The van der Waals surface area contributed by atoms with Gasteiger partial charge in [-0.3, -0.25) is 19.4 Å². The molecule has 0 aliphatic heterocycles. The first-order valence-corrected chi connectivity index (χ1v) is 7.49. The minimum atomic E-state index is -2.80. The summed E-state index contributed by atoms with van der Waals surface area (Å²) in [6.45, 7) is 2.72. The van der Waals surface area contributed by atoms with E-state index in [4.69, 9.17) is 0 Å². The number of halogens is 2. The molecule has 0 saturated heterocycles. The Kier molecular flexibility index (Phi) is 5.01. The average Bonchev–Trinajstić information content (AvgIpc) is 2.57. The summed E-state index contributed by atoms with van der Waals surface area (Å²) in [5.74, 6) is -2.92. The van der Waals surface area contributed by atoms with E-state index in [2.05, 4.69) is 9.72 Å². The number of aliphatic hydroxyl groups excluding tert-OH is 1. The van der Waals surface area contributed by atoms with Crippen molar-refractivity contribution in [1.82, 2.24) is 4.98 Å². The SMILES string of the molecule is COC(=O)C1(C)CCC(=O)C(C(=O)c2ccc(C(F)F)nc2C)=C1O. The zero-order chi connectivity index (χ0) is 18.9. The Morgan fingerprint density at radius 1 is 1.36 bits per heavy atom. The molecular formula is C17H17F2NO5. The van der Waals surface area contributed by atoms with Gasteiger partial charge in [0.15, 0.2) is 5.78 Å². The van der Waals surface area contributed by atoms with E-state index in [1.807, 2.05) is 0 Å². The van der Waals surface area contributed by atoms with Crippen LogP contribution in [-0.2, 0) is 14.3 Å². The number of ether oxygens (including phenoxy) is 1. The van der Waals surface area contributed by atoms with Gasteiger partial charge in [0.05, 0.1) is 7.11 Å². The fourth-order valence-electron chi connectivity index (χ4n) is 2.75. The lowest BCUT2D eigenvalue weighted by atomic mass is 9.74. The molecule has 1 aromatic heterocycles. The Balaban J connectivity index is 2.54. The molecule has 1 aromatic rings. The number of allylic oxidation sites excluding steroid dienone is 1. The maximum Gasteiger partial charge on any atom is 0.319 e. The summed E-state index contributed by atoms with van der Waals surface area (Å²) in [7, 11) is 1.13. The number of aliphatic hydroxyl groups is 1. The fraction of sp³-hybridized carbons (Fsp3) is 0.412. The zero-order valence-electron chi connectivity index (χ0n) is 13.9. The van der Waals surface area contributed by atoms with E-state index in [1.165, 1.54) is 13.8 Å². The van der Waals surface area contributed by atoms with Crippen LogP contribution in [0.15, 0.2) is 23.5 Å². The smallest absolute Gasteiger partial charge is 0.319 e. The van der Waals surface area contributed by atoms with Crippen molar-refractivity contribution in [3.63, 3.8) is 0 Å². The third-order valence-corrected chi connectivity index (χ3v) is 4.33. The monoisotopic (exact) mass is 353 g/mol. The fourth-order valence-corrected chi connectivity index (χ4v) is 2.75. The van der Waals surface area contributed by atoms with Gasteiger partial charge in [-0.15, -0.1) is 0 Å². The summed E-state index contributed by atoms with van der Waals surface area (Å²) in [5, 5.41) is 10.4. The molecule has 0 fully saturated rings. The molecule has 0 spiro atoms. The van der Waals surface area contributed by atoms with Crippen LogP contribution in [0.1, 0.15) is 47.9 Å². The molecule has 1 N–H and O–H groups in total. The Bertz CT molecular complexity index is 787. The van der Waals surface area contributed by atoms with Crippen molar-refractivity contribution >= 4 is 17.5 Å². The predicted octanol–water partition coefficient (Wildman–Crippen LogP) is 2.86. The zero-order valence-corrected chi connectivity index (χ0v) is 13.9. The normalized spacial score (nSPS) is 20.8. The molecule has 0 saturated carbocycles. The molecule has 8 heteroatoms. The number of hydrogen-bond acceptors (Lipinski definition) is 6. The summed E-state index contributed by atoms with van der Waals surface area (Å²) < 4.78 is 30.0. The number of aryl methyl sites for hydroxylation is 1. The highest BCUT2D eigenvalue weighted by Gasteiger charge is 2.47. The van der Waals surface area contributed by atoms with Crippen molar-refractivity contribution in [3.8, 4) is 0 Å². The van der Waals surface area contributed by atoms with Crippen LogP contribution in [0, 0.1) is 12.3 Å². The summed E-state index contributed by atoms with van der Waals surface area (Å²) in [6, 6.07) is 2.11. The molecular weight excluding hydrogens is 336 g/mol. The highest BCUT2D eigenvalue weighted by atomic mass is 19.3. The molecule has 0 radical (unpaired) electrons. The van der Waals surface area contributed by atoms with E-state index in [1.54, 1.807) is 0 Å². The van der Waals surface area contributed by atoms with Gasteiger partial charge < -0.3 is 9.84 Å². The second-order valence-electron chi connectivity index (χ2n) is 5.97. The van der Waals surface area contributed by atoms with E-state index in [0.717, 1.165) is 19.2 Å². The molecule has 0 bridgehead atoms. The molecule has 1 heterocycles. The van der Waals surface area contributed by atoms with Crippen molar-refractivity contribution in [3.05, 3.63) is 40.4 Å². The van der Waals surface area contributed by atoms with Crippen molar-refractivity contribution in [1.29, 1.82) is 0 Å². The first-order chi connectivity index (χ1) is 11.6. The lowest BCUT2D eigenvalue weighted by molar-refractivity contribution is -0.152. The van der Waals surface area contributed by atoms with Gasteiger partial charge in [0, 0.05) is 17.7 Å². The Hall–Kier alpha value is -2.64. The number of Topliss-reactive ketones (excluding diaryl/α,β-unsaturated/α-hetero) is 2. The third-order valence-electron chi connectivity index (χ3n) is 4.33. The lowest BCUT2D eigenvalue weighted by Gasteiger charge is -2.30. The Labute approximate surface area is 142 Å². The number of carbonyl (C=O) groups is 3. The standard InChI is InChI=1S/C17H17F2NO5/c1-8-9(4-5-10(20-8)15(18)19)13(22)12-11(21)6-7-17(2,14(12)23)16(24)25-3/h4-5,15,23H,6-7H2,1-3H3. The van der Waals surface area contributed by atoms with Gasteiger partial charge in [-0.2, -0.15) is 0 Å². The number of hydrogen-bond donors (Lipinski definition) is 1. The van der Waals surface area contributed by atoms with Gasteiger partial charge >= 0.3 is 5.97 Å². The van der Waals surface area contributed by atoms with Gasteiger partial charge in [-0.25, -0.2) is 8.78 Å². The van der Waals surface area contributed by atoms with Crippen molar-refractivity contribution in [2.45, 2.75) is 33.1 Å². The van der Waals surface area contributed by atoms with E-state index < -0.39 is 46.4 Å². The second-order valence-corrected chi connectivity index (χ2v) is 5.97. The summed E-state index contributed by atoms with van der Waals surface area (Å²) in [4.78, 5) is 40.5. The number of carbonyl (C=O) groups excluding carboxylic acids is 3. The number of pyridine rings is 1. The molecule has 25 heavy (non-hydrogen) atoms. The minimum absolute atomic E-state index is 0.00115. The number of rotatable bonds is 4. The topological polar surface area (TPSA) is 93.6 Å². The highest BCUT2D eigenvalue weighted by Crippen LogP contribution is 2.40. The van der Waals surface area contributed by atoms with Gasteiger partial charge in [0.2, 0.25) is 5.78 Å². The van der Waals surface area contributed by atoms with E-state index >= 15 is 0 Å². The molecule has 0 amide bonds. The number of nitrogens with zero attached hydrogens (tertiary/aromatic N) is 1. The van der Waals surface area contributed by atoms with E-state index in [-0.39, 0.29) is 24.1 Å². The molecule has 2 rings (SSSR count). The van der Waals surface area contributed by atoms with Gasteiger partial charge in [0.25, 0.3) is 6.43 Å². The van der Waals surface area contributed by atoms with Gasteiger partial charge in [-0.05, 0) is 32.4 Å². The molecule has 1 atom stereocenters. The van der Waals surface area contributed by atoms with Crippen LogP contribution < -0.4 is 0 Å². The summed E-state index contributed by atoms with van der Waals surface area (Å²) in [6.07, 6.45) is -2.92. The molecule has 6 nitrogen and oxygen atoms in total. The number of alkyl halides is 2. The summed E-state index contributed by atoms with van der Waals surface area (Å²) >= 11 is 0. The van der Waals surface area contributed by atoms with Crippen LogP contribution in [-0.4, -0.2) is 34.7 Å². The van der Waals surface area contributed by atoms with Gasteiger partial charge in [-0.1, -0.05) is 0 Å². The largest absolute Gasteiger partial charge is 0.510 e. The molecule has 1 aliphatic carbocycles. The maximum absolute atomic E-state index is 12.7. The van der Waals surface area contributed by atoms with Crippen LogP contribution in [0.3, 0.4) is 0 Å². The van der Waals surface area contributed by atoms with Crippen LogP contribution in [0.25, 0.3) is 0 Å². The van der Waals surface area contributed by atoms with Gasteiger partial charge in [0.1, 0.15) is 22.4 Å². The number of ketones is 2. The maximum atomic E-state index is 12.7. The highest BCUT2D eigenvalue weighted by molar-refractivity contribution is 6.27. The molecule has 1 unspecified atom stereocenters. The van der Waals surface area contributed by atoms with Crippen molar-refractivity contribution < 1.29 is 33.0 Å². The third kappa shape index (κ3) is 3.16. The molecule has 1 aliphatic rings. The van der Waals surface area contributed by atoms with Crippen molar-refractivity contribution in [2.24, 2.45) is 5.41 Å². The molecule has 134 valence electrons. The minimum Gasteiger partial charge on any atom is -0.510 e. The van der Waals surface area contributed by atoms with Crippen LogP contribution >= 0.6 is 0 Å². The van der Waals surface area contributed by atoms with Crippen LogP contribution in [0.2, 0.25) is 0 Å². The van der Waals surface area contributed by atoms with Crippen LogP contribution in [0.4, 0.5) is 8.78 Å². The quantitative estimate of drug-likeness (QED) is 0.508. The van der Waals surface area contributed by atoms with Crippen LogP contribution in [0.5, 0.6) is 0 Å². The van der Waals surface area contributed by atoms with Crippen molar-refractivity contribution in [2.75, 3.05) is 7.11 Å². The Morgan fingerprint density at radius 3 is 2.52 bits per heavy atom. The number of methoxy groups -OCH3 is 1.